The molecule has 0 saturated carbocycles. The highest BCUT2D eigenvalue weighted by Gasteiger charge is 2.23. The van der Waals surface area contributed by atoms with Crippen LogP contribution in [0.15, 0.2) is 18.3 Å². The molecule has 1 aromatic rings. The summed E-state index contributed by atoms with van der Waals surface area (Å²) in [6.45, 7) is 1.17. The van der Waals surface area contributed by atoms with Gasteiger partial charge in [-0.25, -0.2) is 4.98 Å². The minimum atomic E-state index is 0.474. The molecule has 1 saturated heterocycles. The highest BCUT2D eigenvalue weighted by atomic mass is 16.5. The molecule has 0 bridgehead atoms. The molecule has 1 atom stereocenters. The molecule has 82 valence electrons. The van der Waals surface area contributed by atoms with E-state index in [0.717, 1.165) is 5.88 Å². The van der Waals surface area contributed by atoms with E-state index in [4.69, 9.17) is 4.74 Å². The van der Waals surface area contributed by atoms with Crippen molar-refractivity contribution in [3.8, 4) is 5.88 Å². The van der Waals surface area contributed by atoms with Crippen LogP contribution in [-0.2, 0) is 0 Å². The summed E-state index contributed by atoms with van der Waals surface area (Å²) < 4.78 is 5.31. The first kappa shape index (κ1) is 10.4. The highest BCUT2D eigenvalue weighted by Crippen LogP contribution is 2.33. The number of pyridine rings is 1. The maximum absolute atomic E-state index is 5.31. The lowest BCUT2D eigenvalue weighted by Gasteiger charge is -2.33. The van der Waals surface area contributed by atoms with Gasteiger partial charge in [0.25, 0.3) is 0 Å². The van der Waals surface area contributed by atoms with Gasteiger partial charge in [0, 0.05) is 17.8 Å². The van der Waals surface area contributed by atoms with E-state index in [1.807, 2.05) is 6.07 Å². The van der Waals surface area contributed by atoms with Crippen LogP contribution in [0.5, 0.6) is 5.88 Å². The van der Waals surface area contributed by atoms with Crippen molar-refractivity contribution in [3.05, 3.63) is 23.9 Å². The Kier molecular flexibility index (Phi) is 3.21. The largest absolute Gasteiger partial charge is 0.481 e. The summed E-state index contributed by atoms with van der Waals surface area (Å²) in [7, 11) is 3.87. The molecule has 1 fully saturated rings. The summed E-state index contributed by atoms with van der Waals surface area (Å²) in [5, 5.41) is 0. The molecule has 3 nitrogen and oxygen atoms in total. The average Bonchev–Trinajstić information content (AvgIpc) is 2.30. The van der Waals surface area contributed by atoms with Gasteiger partial charge < -0.3 is 4.74 Å². The predicted octanol–water partition coefficient (Wildman–Crippen LogP) is 2.25. The summed E-state index contributed by atoms with van der Waals surface area (Å²) in [5.41, 5.74) is 1.22. The van der Waals surface area contributed by atoms with E-state index in [1.165, 1.54) is 31.4 Å². The van der Waals surface area contributed by atoms with Gasteiger partial charge in [-0.3, -0.25) is 4.90 Å². The summed E-state index contributed by atoms with van der Waals surface area (Å²) in [6, 6.07) is 4.58. The van der Waals surface area contributed by atoms with Crippen molar-refractivity contribution in [2.75, 3.05) is 20.7 Å². The molecule has 1 aliphatic heterocycles. The van der Waals surface area contributed by atoms with Crippen LogP contribution in [-0.4, -0.2) is 30.6 Å². The van der Waals surface area contributed by atoms with Crippen LogP contribution in [0.25, 0.3) is 0 Å². The Hall–Kier alpha value is -1.09. The zero-order valence-corrected chi connectivity index (χ0v) is 9.44. The fourth-order valence-electron chi connectivity index (χ4n) is 2.30. The number of rotatable bonds is 2. The molecule has 0 amide bonds. The van der Waals surface area contributed by atoms with Gasteiger partial charge in [0.05, 0.1) is 7.11 Å². The Bertz CT molecular complexity index is 327. The lowest BCUT2D eigenvalue weighted by atomic mass is 9.97. The second kappa shape index (κ2) is 4.62. The van der Waals surface area contributed by atoms with Crippen molar-refractivity contribution in [1.82, 2.24) is 9.88 Å². The first-order valence-corrected chi connectivity index (χ1v) is 5.52. The fourth-order valence-corrected chi connectivity index (χ4v) is 2.30. The number of methoxy groups -OCH3 is 1. The zero-order chi connectivity index (χ0) is 10.7. The minimum absolute atomic E-state index is 0.474. The predicted molar refractivity (Wildman–Crippen MR) is 60.0 cm³/mol. The molecule has 1 unspecified atom stereocenters. The van der Waals surface area contributed by atoms with Crippen LogP contribution < -0.4 is 4.74 Å². The van der Waals surface area contributed by atoms with Crippen molar-refractivity contribution in [2.24, 2.45) is 0 Å². The number of nitrogens with zero attached hydrogens (tertiary/aromatic N) is 2. The summed E-state index contributed by atoms with van der Waals surface area (Å²) in [4.78, 5) is 6.65. The van der Waals surface area contributed by atoms with Crippen LogP contribution in [0.4, 0.5) is 0 Å². The third-order valence-corrected chi connectivity index (χ3v) is 3.12. The van der Waals surface area contributed by atoms with E-state index in [9.17, 15) is 0 Å². The van der Waals surface area contributed by atoms with E-state index in [0.29, 0.717) is 6.04 Å². The quantitative estimate of drug-likeness (QED) is 0.742. The Labute approximate surface area is 91.1 Å². The molecule has 3 heteroatoms. The Morgan fingerprint density at radius 1 is 1.47 bits per heavy atom. The van der Waals surface area contributed by atoms with Crippen molar-refractivity contribution < 1.29 is 4.74 Å². The van der Waals surface area contributed by atoms with Crippen LogP contribution >= 0.6 is 0 Å². The Morgan fingerprint density at radius 2 is 2.33 bits per heavy atom. The van der Waals surface area contributed by atoms with Gasteiger partial charge in [0.2, 0.25) is 5.88 Å². The maximum atomic E-state index is 5.31. The molecule has 15 heavy (non-hydrogen) atoms. The number of hydrogen-bond acceptors (Lipinski definition) is 3. The lowest BCUT2D eigenvalue weighted by Crippen LogP contribution is -2.29. The SMILES string of the molecule is COc1ncccc1C1CCCCN1C. The topological polar surface area (TPSA) is 25.4 Å². The average molecular weight is 206 g/mol. The van der Waals surface area contributed by atoms with E-state index in [1.54, 1.807) is 13.3 Å². The van der Waals surface area contributed by atoms with E-state index < -0.39 is 0 Å². The van der Waals surface area contributed by atoms with Crippen LogP contribution in [0.2, 0.25) is 0 Å². The van der Waals surface area contributed by atoms with Gasteiger partial charge in [0.1, 0.15) is 0 Å². The second-order valence-electron chi connectivity index (χ2n) is 4.09. The molecule has 0 aliphatic carbocycles. The van der Waals surface area contributed by atoms with Gasteiger partial charge in [-0.1, -0.05) is 12.5 Å². The Balaban J connectivity index is 2.26. The first-order valence-electron chi connectivity index (χ1n) is 5.52. The molecule has 1 aliphatic rings. The second-order valence-corrected chi connectivity index (χ2v) is 4.09. The van der Waals surface area contributed by atoms with Gasteiger partial charge >= 0.3 is 0 Å². The van der Waals surface area contributed by atoms with Gasteiger partial charge in [0.15, 0.2) is 0 Å². The molecule has 0 radical (unpaired) electrons. The smallest absolute Gasteiger partial charge is 0.217 e. The fraction of sp³-hybridized carbons (Fsp3) is 0.583. The number of likely N-dealkylation sites (tertiary alicyclic amines) is 1. The number of hydrogen-bond donors (Lipinski definition) is 0. The van der Waals surface area contributed by atoms with Gasteiger partial charge in [-0.2, -0.15) is 0 Å². The third-order valence-electron chi connectivity index (χ3n) is 3.12. The van der Waals surface area contributed by atoms with Crippen LogP contribution in [0.3, 0.4) is 0 Å². The third kappa shape index (κ3) is 2.12. The van der Waals surface area contributed by atoms with E-state index in [-0.39, 0.29) is 0 Å². The Morgan fingerprint density at radius 3 is 3.07 bits per heavy atom. The summed E-state index contributed by atoms with van der Waals surface area (Å²) in [5.74, 6) is 0.774. The molecular formula is C12H18N2O. The molecule has 2 rings (SSSR count). The normalized spacial score (nSPS) is 22.7. The lowest BCUT2D eigenvalue weighted by molar-refractivity contribution is 0.183. The van der Waals surface area contributed by atoms with Crippen molar-refractivity contribution in [3.63, 3.8) is 0 Å². The summed E-state index contributed by atoms with van der Waals surface area (Å²) >= 11 is 0. The maximum Gasteiger partial charge on any atom is 0.217 e. The van der Waals surface area contributed by atoms with Gasteiger partial charge in [-0.05, 0) is 32.5 Å². The molecule has 0 aromatic carbocycles. The molecular weight excluding hydrogens is 188 g/mol. The van der Waals surface area contributed by atoms with Crippen LogP contribution in [0, 0.1) is 0 Å². The monoisotopic (exact) mass is 206 g/mol. The number of piperidine rings is 1. The van der Waals surface area contributed by atoms with Crippen molar-refractivity contribution in [2.45, 2.75) is 25.3 Å². The first-order chi connectivity index (χ1) is 7.33. The van der Waals surface area contributed by atoms with E-state index in [2.05, 4.69) is 23.0 Å². The molecule has 2 heterocycles. The standard InChI is InChI=1S/C12H18N2O/c1-14-9-4-3-7-11(14)10-6-5-8-13-12(10)15-2/h5-6,8,11H,3-4,7,9H2,1-2H3. The molecule has 0 spiro atoms. The molecule has 1 aromatic heterocycles. The number of ether oxygens (including phenoxy) is 1. The summed E-state index contributed by atoms with van der Waals surface area (Å²) in [6.07, 6.45) is 5.59. The van der Waals surface area contributed by atoms with Gasteiger partial charge in [-0.15, -0.1) is 0 Å². The van der Waals surface area contributed by atoms with Crippen LogP contribution in [0.1, 0.15) is 30.9 Å². The molecule has 0 N–H and O–H groups in total. The highest BCUT2D eigenvalue weighted by molar-refractivity contribution is 5.29. The number of aromatic nitrogens is 1. The zero-order valence-electron chi connectivity index (χ0n) is 9.44. The minimum Gasteiger partial charge on any atom is -0.481 e. The van der Waals surface area contributed by atoms with E-state index >= 15 is 0 Å². The van der Waals surface area contributed by atoms with Crippen molar-refractivity contribution >= 4 is 0 Å². The van der Waals surface area contributed by atoms with Crippen molar-refractivity contribution in [1.29, 1.82) is 0 Å².